The number of nitrogens with zero attached hydrogens (tertiary/aromatic N) is 1. The normalized spacial score (nSPS) is 38.5. The van der Waals surface area contributed by atoms with Gasteiger partial charge in [0.1, 0.15) is 6.17 Å². The van der Waals surface area contributed by atoms with Crippen molar-refractivity contribution in [3.05, 3.63) is 29.8 Å². The molecule has 2 nitrogen and oxygen atoms in total. The first-order valence-corrected chi connectivity index (χ1v) is 5.15. The molecule has 3 rings (SSSR count). The van der Waals surface area contributed by atoms with Crippen LogP contribution in [-0.2, 0) is 4.74 Å². The van der Waals surface area contributed by atoms with E-state index >= 15 is 0 Å². The second-order valence-corrected chi connectivity index (χ2v) is 4.22. The quantitative estimate of drug-likeness (QED) is 0.664. The van der Waals surface area contributed by atoms with E-state index in [1.54, 1.807) is 6.07 Å². The van der Waals surface area contributed by atoms with E-state index in [-0.39, 0.29) is 18.1 Å². The molecule has 0 aliphatic carbocycles. The molecule has 2 bridgehead atoms. The van der Waals surface area contributed by atoms with Crippen LogP contribution in [0, 0.1) is 5.95 Å². The van der Waals surface area contributed by atoms with Gasteiger partial charge in [-0.15, -0.1) is 0 Å². The zero-order chi connectivity index (χ0) is 10.4. The number of ether oxygens (including phenoxy) is 1. The summed E-state index contributed by atoms with van der Waals surface area (Å²) in [6.07, 6.45) is 1.36. The smallest absolute Gasteiger partial charge is 0.213 e. The second kappa shape index (κ2) is 3.23. The van der Waals surface area contributed by atoms with Gasteiger partial charge in [-0.25, -0.2) is 9.37 Å². The van der Waals surface area contributed by atoms with E-state index in [0.717, 1.165) is 5.56 Å². The molecule has 2 fully saturated rings. The first kappa shape index (κ1) is 9.21. The summed E-state index contributed by atoms with van der Waals surface area (Å²) >= 11 is 0. The Hall–Kier alpha value is -1.03. The van der Waals surface area contributed by atoms with E-state index in [1.807, 2.05) is 0 Å². The number of alkyl halides is 1. The number of hydrogen-bond acceptors (Lipinski definition) is 2. The maximum atomic E-state index is 13.2. The molecule has 0 aromatic carbocycles. The Balaban J connectivity index is 1.86. The summed E-state index contributed by atoms with van der Waals surface area (Å²) in [6.45, 7) is 0. The lowest BCUT2D eigenvalue weighted by molar-refractivity contribution is 0.0819. The zero-order valence-electron chi connectivity index (χ0n) is 8.07. The van der Waals surface area contributed by atoms with Gasteiger partial charge in [-0.2, -0.15) is 4.39 Å². The Morgan fingerprint density at radius 2 is 2.20 bits per heavy atom. The van der Waals surface area contributed by atoms with E-state index in [4.69, 9.17) is 4.74 Å². The standard InChI is InChI=1S/C11H11F2NO/c12-8-5-9-7(4-10(8)15-9)6-1-2-14-11(13)3-6/h1-3,7-10H,4-5H2. The summed E-state index contributed by atoms with van der Waals surface area (Å²) in [5, 5.41) is 0. The van der Waals surface area contributed by atoms with Gasteiger partial charge in [-0.1, -0.05) is 0 Å². The maximum absolute atomic E-state index is 13.2. The van der Waals surface area contributed by atoms with E-state index in [9.17, 15) is 8.78 Å². The molecular weight excluding hydrogens is 200 g/mol. The fourth-order valence-electron chi connectivity index (χ4n) is 2.60. The van der Waals surface area contributed by atoms with Gasteiger partial charge in [0.15, 0.2) is 0 Å². The Kier molecular flexibility index (Phi) is 1.99. The summed E-state index contributed by atoms with van der Waals surface area (Å²) in [7, 11) is 0. The Morgan fingerprint density at radius 1 is 1.33 bits per heavy atom. The van der Waals surface area contributed by atoms with Crippen LogP contribution >= 0.6 is 0 Å². The van der Waals surface area contributed by atoms with Crippen LogP contribution in [0.2, 0.25) is 0 Å². The minimum absolute atomic E-state index is 0.0770. The van der Waals surface area contributed by atoms with Crippen molar-refractivity contribution in [2.45, 2.75) is 37.1 Å². The highest BCUT2D eigenvalue weighted by Gasteiger charge is 2.48. The molecular formula is C11H11F2NO. The van der Waals surface area contributed by atoms with E-state index in [2.05, 4.69) is 4.98 Å². The molecule has 4 atom stereocenters. The Bertz CT molecular complexity index is 383. The van der Waals surface area contributed by atoms with Gasteiger partial charge in [0.25, 0.3) is 0 Å². The molecule has 2 saturated heterocycles. The third kappa shape index (κ3) is 1.44. The molecule has 1 aromatic rings. The fourth-order valence-corrected chi connectivity index (χ4v) is 2.60. The maximum Gasteiger partial charge on any atom is 0.213 e. The van der Waals surface area contributed by atoms with Crippen molar-refractivity contribution in [1.29, 1.82) is 0 Å². The van der Waals surface area contributed by atoms with Gasteiger partial charge in [0.2, 0.25) is 5.95 Å². The van der Waals surface area contributed by atoms with Crippen LogP contribution in [0.5, 0.6) is 0 Å². The molecule has 0 saturated carbocycles. The third-order valence-corrected chi connectivity index (χ3v) is 3.32. The van der Waals surface area contributed by atoms with Gasteiger partial charge in [-0.05, 0) is 24.1 Å². The molecule has 0 amide bonds. The van der Waals surface area contributed by atoms with Gasteiger partial charge < -0.3 is 4.74 Å². The number of rotatable bonds is 1. The number of fused-ring (bicyclic) bond motifs is 2. The first-order chi connectivity index (χ1) is 7.24. The number of halogens is 2. The second-order valence-electron chi connectivity index (χ2n) is 4.22. The predicted octanol–water partition coefficient (Wildman–Crippen LogP) is 2.20. The van der Waals surface area contributed by atoms with Gasteiger partial charge in [0, 0.05) is 18.5 Å². The highest BCUT2D eigenvalue weighted by Crippen LogP contribution is 2.45. The molecule has 0 N–H and O–H groups in total. The predicted molar refractivity (Wildman–Crippen MR) is 49.7 cm³/mol. The van der Waals surface area contributed by atoms with Crippen molar-refractivity contribution in [2.75, 3.05) is 0 Å². The molecule has 0 spiro atoms. The molecule has 2 aliphatic heterocycles. The van der Waals surface area contributed by atoms with Crippen LogP contribution in [0.25, 0.3) is 0 Å². The van der Waals surface area contributed by atoms with Crippen LogP contribution in [0.1, 0.15) is 24.3 Å². The van der Waals surface area contributed by atoms with Gasteiger partial charge >= 0.3 is 0 Å². The van der Waals surface area contributed by atoms with Crippen molar-refractivity contribution in [3.63, 3.8) is 0 Å². The Labute approximate surface area is 86.3 Å². The van der Waals surface area contributed by atoms with Crippen molar-refractivity contribution < 1.29 is 13.5 Å². The first-order valence-electron chi connectivity index (χ1n) is 5.15. The fraction of sp³-hybridized carbons (Fsp3) is 0.545. The summed E-state index contributed by atoms with van der Waals surface area (Å²) < 4.78 is 31.6. The van der Waals surface area contributed by atoms with Crippen molar-refractivity contribution in [3.8, 4) is 0 Å². The molecule has 4 unspecified atom stereocenters. The van der Waals surface area contributed by atoms with Gasteiger partial charge in [0.05, 0.1) is 12.2 Å². The van der Waals surface area contributed by atoms with Crippen LogP contribution < -0.4 is 0 Å². The van der Waals surface area contributed by atoms with Crippen LogP contribution in [-0.4, -0.2) is 23.4 Å². The van der Waals surface area contributed by atoms with E-state index in [1.165, 1.54) is 12.3 Å². The third-order valence-electron chi connectivity index (χ3n) is 3.32. The SMILES string of the molecule is Fc1cc(C2CC3OC2CC3F)ccn1. The van der Waals surface area contributed by atoms with Crippen molar-refractivity contribution in [2.24, 2.45) is 0 Å². The summed E-state index contributed by atoms with van der Waals surface area (Å²) in [5.74, 6) is -0.341. The lowest BCUT2D eigenvalue weighted by atomic mass is 9.83. The minimum atomic E-state index is -0.835. The van der Waals surface area contributed by atoms with Crippen molar-refractivity contribution in [1.82, 2.24) is 4.98 Å². The average Bonchev–Trinajstić information content (AvgIpc) is 2.76. The largest absolute Gasteiger partial charge is 0.371 e. The lowest BCUT2D eigenvalue weighted by Crippen LogP contribution is -2.22. The minimum Gasteiger partial charge on any atom is -0.371 e. The molecule has 3 heterocycles. The summed E-state index contributed by atoms with van der Waals surface area (Å²) in [6, 6.07) is 3.20. The Morgan fingerprint density at radius 3 is 2.80 bits per heavy atom. The molecule has 4 heteroatoms. The van der Waals surface area contributed by atoms with Crippen LogP contribution in [0.4, 0.5) is 8.78 Å². The molecule has 1 aromatic heterocycles. The van der Waals surface area contributed by atoms with E-state index in [0.29, 0.717) is 12.8 Å². The molecule has 2 aliphatic rings. The molecule has 0 radical (unpaired) electrons. The van der Waals surface area contributed by atoms with E-state index < -0.39 is 12.1 Å². The summed E-state index contributed by atoms with van der Waals surface area (Å²) in [5.41, 5.74) is 0.877. The highest BCUT2D eigenvalue weighted by molar-refractivity contribution is 5.22. The van der Waals surface area contributed by atoms with Crippen LogP contribution in [0.15, 0.2) is 18.3 Å². The monoisotopic (exact) mass is 211 g/mol. The topological polar surface area (TPSA) is 22.1 Å². The average molecular weight is 211 g/mol. The molecule has 80 valence electrons. The number of pyridine rings is 1. The lowest BCUT2D eigenvalue weighted by Gasteiger charge is -2.20. The number of hydrogen-bond donors (Lipinski definition) is 0. The number of aromatic nitrogens is 1. The summed E-state index contributed by atoms with van der Waals surface area (Å²) in [4.78, 5) is 3.51. The molecule has 15 heavy (non-hydrogen) atoms. The van der Waals surface area contributed by atoms with Gasteiger partial charge in [-0.3, -0.25) is 0 Å². The highest BCUT2D eigenvalue weighted by atomic mass is 19.1. The zero-order valence-corrected chi connectivity index (χ0v) is 8.07. The van der Waals surface area contributed by atoms with Crippen LogP contribution in [0.3, 0.4) is 0 Å². The van der Waals surface area contributed by atoms with Crippen molar-refractivity contribution >= 4 is 0 Å².